The van der Waals surface area contributed by atoms with Crippen LogP contribution >= 0.6 is 0 Å². The third kappa shape index (κ3) is 2.93. The molecule has 3 aromatic rings. The van der Waals surface area contributed by atoms with E-state index in [1.165, 1.54) is 16.7 Å². The number of para-hydroxylation sites is 1. The van der Waals surface area contributed by atoms with Crippen LogP contribution in [0.4, 0.5) is 11.6 Å². The molecule has 28 heavy (non-hydrogen) atoms. The van der Waals surface area contributed by atoms with E-state index < -0.39 is 0 Å². The zero-order chi connectivity index (χ0) is 19.1. The summed E-state index contributed by atoms with van der Waals surface area (Å²) in [5.41, 5.74) is 6.29. The minimum absolute atomic E-state index is 0.0197. The fourth-order valence-electron chi connectivity index (χ4n) is 4.16. The molecular formula is C23H22N4O. The van der Waals surface area contributed by atoms with E-state index in [0.29, 0.717) is 18.2 Å². The predicted octanol–water partition coefficient (Wildman–Crippen LogP) is 3.68. The minimum Gasteiger partial charge on any atom is -0.333 e. The van der Waals surface area contributed by atoms with Gasteiger partial charge >= 0.3 is 0 Å². The summed E-state index contributed by atoms with van der Waals surface area (Å²) >= 11 is 0. The van der Waals surface area contributed by atoms with Gasteiger partial charge in [-0.25, -0.2) is 9.97 Å². The maximum absolute atomic E-state index is 13.2. The number of aromatic nitrogens is 2. The second-order valence-electron chi connectivity index (χ2n) is 7.47. The molecule has 0 saturated carbocycles. The van der Waals surface area contributed by atoms with E-state index >= 15 is 0 Å². The van der Waals surface area contributed by atoms with E-state index in [2.05, 4.69) is 51.3 Å². The number of anilines is 2. The Morgan fingerprint density at radius 2 is 1.61 bits per heavy atom. The van der Waals surface area contributed by atoms with Crippen LogP contribution < -0.4 is 4.90 Å². The molecule has 140 valence electrons. The van der Waals surface area contributed by atoms with Gasteiger partial charge in [-0.2, -0.15) is 0 Å². The number of nitrogens with zero attached hydrogens (tertiary/aromatic N) is 4. The number of hydrogen-bond acceptors (Lipinski definition) is 4. The number of fused-ring (bicyclic) bond motifs is 2. The topological polar surface area (TPSA) is 49.3 Å². The van der Waals surface area contributed by atoms with Gasteiger partial charge in [0.1, 0.15) is 5.69 Å². The first kappa shape index (κ1) is 16.9. The highest BCUT2D eigenvalue weighted by molar-refractivity contribution is 5.93. The van der Waals surface area contributed by atoms with Crippen molar-refractivity contribution in [1.82, 2.24) is 14.9 Å². The largest absolute Gasteiger partial charge is 0.333 e. The monoisotopic (exact) mass is 370 g/mol. The van der Waals surface area contributed by atoms with Crippen molar-refractivity contribution in [3.05, 3.63) is 82.7 Å². The molecule has 0 unspecified atom stereocenters. The molecule has 0 saturated heterocycles. The lowest BCUT2D eigenvalue weighted by Crippen LogP contribution is -2.36. The average Bonchev–Trinajstić information content (AvgIpc) is 3.16. The number of carbonyl (C=O) groups is 1. The number of hydrogen-bond donors (Lipinski definition) is 0. The molecular weight excluding hydrogens is 348 g/mol. The Hall–Kier alpha value is -3.21. The molecule has 0 N–H and O–H groups in total. The van der Waals surface area contributed by atoms with Gasteiger partial charge in [0.05, 0.1) is 0 Å². The Bertz CT molecular complexity index is 1060. The highest BCUT2D eigenvalue weighted by Crippen LogP contribution is 2.32. The normalized spacial score (nSPS) is 15.3. The standard InChI is InChI=1S/C23H22N4O/c1-16-14-20(22(28)26-12-10-17-6-2-3-8-19(17)15-26)25-23(24-16)27-13-11-18-7-4-5-9-21(18)27/h2-9,14H,10-13,15H2,1H3. The van der Waals surface area contributed by atoms with Gasteiger partial charge in [-0.15, -0.1) is 0 Å². The van der Waals surface area contributed by atoms with Crippen LogP contribution in [-0.2, 0) is 19.4 Å². The van der Waals surface area contributed by atoms with Crippen LogP contribution in [-0.4, -0.2) is 33.9 Å². The number of amides is 1. The molecule has 2 aliphatic rings. The fraction of sp³-hybridized carbons (Fsp3) is 0.261. The highest BCUT2D eigenvalue weighted by atomic mass is 16.2. The Labute approximate surface area is 164 Å². The average molecular weight is 370 g/mol. The van der Waals surface area contributed by atoms with Crippen molar-refractivity contribution in [3.63, 3.8) is 0 Å². The van der Waals surface area contributed by atoms with Gasteiger partial charge in [0.15, 0.2) is 0 Å². The first-order valence-corrected chi connectivity index (χ1v) is 9.76. The van der Waals surface area contributed by atoms with Crippen molar-refractivity contribution >= 4 is 17.5 Å². The van der Waals surface area contributed by atoms with E-state index in [9.17, 15) is 4.79 Å². The van der Waals surface area contributed by atoms with Crippen molar-refractivity contribution in [2.45, 2.75) is 26.3 Å². The quantitative estimate of drug-likeness (QED) is 0.691. The molecule has 2 aromatic carbocycles. The van der Waals surface area contributed by atoms with Gasteiger partial charge < -0.3 is 9.80 Å². The second kappa shape index (κ2) is 6.75. The first-order chi connectivity index (χ1) is 13.7. The third-order valence-electron chi connectivity index (χ3n) is 5.61. The maximum atomic E-state index is 13.2. The smallest absolute Gasteiger partial charge is 0.272 e. The number of carbonyl (C=O) groups excluding carboxylic acids is 1. The summed E-state index contributed by atoms with van der Waals surface area (Å²) < 4.78 is 0. The molecule has 0 spiro atoms. The van der Waals surface area contributed by atoms with Gasteiger partial charge in [0.2, 0.25) is 5.95 Å². The summed E-state index contributed by atoms with van der Waals surface area (Å²) in [5, 5.41) is 0. The SMILES string of the molecule is Cc1cc(C(=O)N2CCc3ccccc3C2)nc(N2CCc3ccccc32)n1. The Kier molecular flexibility index (Phi) is 4.08. The molecule has 5 nitrogen and oxygen atoms in total. The van der Waals surface area contributed by atoms with Crippen molar-refractivity contribution in [1.29, 1.82) is 0 Å². The Balaban J connectivity index is 1.45. The number of rotatable bonds is 2. The van der Waals surface area contributed by atoms with Crippen molar-refractivity contribution in [2.24, 2.45) is 0 Å². The van der Waals surface area contributed by atoms with Crippen LogP contribution in [0.1, 0.15) is 32.9 Å². The van der Waals surface area contributed by atoms with Gasteiger partial charge in [-0.3, -0.25) is 4.79 Å². The lowest BCUT2D eigenvalue weighted by atomic mass is 10.00. The van der Waals surface area contributed by atoms with E-state index in [4.69, 9.17) is 0 Å². The van der Waals surface area contributed by atoms with E-state index in [1.54, 1.807) is 6.07 Å². The van der Waals surface area contributed by atoms with Crippen LogP contribution in [0.3, 0.4) is 0 Å². The highest BCUT2D eigenvalue weighted by Gasteiger charge is 2.26. The Morgan fingerprint density at radius 3 is 2.46 bits per heavy atom. The van der Waals surface area contributed by atoms with Crippen LogP contribution in [0.25, 0.3) is 0 Å². The van der Waals surface area contributed by atoms with Gasteiger partial charge in [0.25, 0.3) is 5.91 Å². The van der Waals surface area contributed by atoms with Gasteiger partial charge in [-0.05, 0) is 48.6 Å². The summed E-state index contributed by atoms with van der Waals surface area (Å²) in [5.74, 6) is 0.597. The van der Waals surface area contributed by atoms with Crippen LogP contribution in [0.15, 0.2) is 54.6 Å². The lowest BCUT2D eigenvalue weighted by molar-refractivity contribution is 0.0728. The summed E-state index contributed by atoms with van der Waals surface area (Å²) in [7, 11) is 0. The summed E-state index contributed by atoms with van der Waals surface area (Å²) in [6.07, 6.45) is 1.86. The molecule has 5 heteroatoms. The summed E-state index contributed by atoms with van der Waals surface area (Å²) in [4.78, 5) is 26.5. The van der Waals surface area contributed by atoms with Crippen molar-refractivity contribution in [3.8, 4) is 0 Å². The Morgan fingerprint density at radius 1 is 0.893 bits per heavy atom. The second-order valence-corrected chi connectivity index (χ2v) is 7.47. The van der Waals surface area contributed by atoms with E-state index in [0.717, 1.165) is 37.3 Å². The van der Waals surface area contributed by atoms with Crippen molar-refractivity contribution in [2.75, 3.05) is 18.0 Å². The van der Waals surface area contributed by atoms with Crippen LogP contribution in [0.5, 0.6) is 0 Å². The molecule has 5 rings (SSSR count). The predicted molar refractivity (Wildman–Crippen MR) is 109 cm³/mol. The molecule has 0 bridgehead atoms. The zero-order valence-electron chi connectivity index (χ0n) is 15.9. The minimum atomic E-state index is -0.0197. The first-order valence-electron chi connectivity index (χ1n) is 9.76. The summed E-state index contributed by atoms with van der Waals surface area (Å²) in [6, 6.07) is 18.5. The number of benzene rings is 2. The molecule has 1 amide bonds. The zero-order valence-corrected chi connectivity index (χ0v) is 15.9. The van der Waals surface area contributed by atoms with Crippen LogP contribution in [0.2, 0.25) is 0 Å². The lowest BCUT2D eigenvalue weighted by Gasteiger charge is -2.29. The molecule has 1 aromatic heterocycles. The number of aryl methyl sites for hydroxylation is 1. The van der Waals surface area contributed by atoms with Gasteiger partial charge in [-0.1, -0.05) is 42.5 Å². The fourth-order valence-corrected chi connectivity index (χ4v) is 4.16. The molecule has 0 radical (unpaired) electrons. The molecule has 0 aliphatic carbocycles. The molecule has 2 aliphatic heterocycles. The summed E-state index contributed by atoms with van der Waals surface area (Å²) in [6.45, 7) is 4.13. The van der Waals surface area contributed by atoms with Crippen molar-refractivity contribution < 1.29 is 4.79 Å². The maximum Gasteiger partial charge on any atom is 0.272 e. The van der Waals surface area contributed by atoms with E-state index in [-0.39, 0.29) is 5.91 Å². The molecule has 3 heterocycles. The van der Waals surface area contributed by atoms with E-state index in [1.807, 2.05) is 24.0 Å². The van der Waals surface area contributed by atoms with Crippen LogP contribution in [0, 0.1) is 6.92 Å². The molecule has 0 atom stereocenters. The molecule has 0 fully saturated rings. The third-order valence-corrected chi connectivity index (χ3v) is 5.61. The van der Waals surface area contributed by atoms with Gasteiger partial charge in [0, 0.05) is 31.0 Å².